The van der Waals surface area contributed by atoms with Crippen LogP contribution in [0.5, 0.6) is 0 Å². The molecule has 5 unspecified atom stereocenters. The summed E-state index contributed by atoms with van der Waals surface area (Å²) in [5, 5.41) is 0. The van der Waals surface area contributed by atoms with E-state index in [9.17, 15) is 27.6 Å². The molecule has 1 aliphatic rings. The third-order valence-electron chi connectivity index (χ3n) is 4.00. The fourth-order valence-corrected chi connectivity index (χ4v) is 4.63. The predicted molar refractivity (Wildman–Crippen MR) is 103 cm³/mol. The van der Waals surface area contributed by atoms with Crippen LogP contribution in [0, 0.1) is 0 Å². The first-order valence-corrected chi connectivity index (χ1v) is 10.3. The van der Waals surface area contributed by atoms with Crippen molar-refractivity contribution in [2.24, 2.45) is 5.73 Å². The molecule has 1 aromatic rings. The lowest BCUT2D eigenvalue weighted by atomic mass is 9.98. The Bertz CT molecular complexity index is 827. The van der Waals surface area contributed by atoms with Crippen molar-refractivity contribution in [3.05, 3.63) is 22.4 Å². The predicted octanol–water partition coefficient (Wildman–Crippen LogP) is 2.04. The summed E-state index contributed by atoms with van der Waals surface area (Å²) in [6.45, 7) is 2.10. The lowest BCUT2D eigenvalue weighted by Crippen LogP contribution is -2.63. The third kappa shape index (κ3) is 6.79. The molecule has 0 aliphatic carbocycles. The third-order valence-corrected chi connectivity index (χ3v) is 5.72. The summed E-state index contributed by atoms with van der Waals surface area (Å²) in [5.41, 5.74) is 4.00. The Kier molecular flexibility index (Phi) is 8.68. The van der Waals surface area contributed by atoms with E-state index in [-0.39, 0.29) is 22.4 Å². The minimum Gasteiger partial charge on any atom is -0.463 e. The summed E-state index contributed by atoms with van der Waals surface area (Å²) in [4.78, 5) is 37.3. The van der Waals surface area contributed by atoms with Crippen molar-refractivity contribution in [2.75, 3.05) is 6.61 Å². The minimum absolute atomic E-state index is 0.129. The van der Waals surface area contributed by atoms with Crippen LogP contribution in [0.4, 0.5) is 13.2 Å². The molecule has 0 bridgehead atoms. The molecule has 14 heteroatoms. The average Bonchev–Trinajstić information content (AvgIpc) is 2.64. The average molecular weight is 531 g/mol. The molecule has 1 saturated heterocycles. The van der Waals surface area contributed by atoms with Crippen LogP contribution in [0.3, 0.4) is 0 Å². The van der Waals surface area contributed by atoms with Gasteiger partial charge in [-0.2, -0.15) is 13.2 Å². The molecule has 5 atom stereocenters. The second kappa shape index (κ2) is 10.6. The molecule has 0 spiro atoms. The van der Waals surface area contributed by atoms with Crippen molar-refractivity contribution in [3.8, 4) is 0 Å². The lowest BCUT2D eigenvalue weighted by Gasteiger charge is -2.43. The molecule has 1 aromatic heterocycles. The summed E-state index contributed by atoms with van der Waals surface area (Å²) in [7, 11) is 0. The number of nitrogens with zero attached hydrogens (tertiary/aromatic N) is 1. The first kappa shape index (κ1) is 25.4. The molecule has 2 rings (SSSR count). The molecule has 0 aromatic carbocycles. The highest BCUT2D eigenvalue weighted by molar-refractivity contribution is 9.10. The number of nitrogens with two attached hydrogens (primary N) is 1. The van der Waals surface area contributed by atoms with E-state index in [0.29, 0.717) is 0 Å². The van der Waals surface area contributed by atoms with Crippen molar-refractivity contribution in [3.63, 3.8) is 0 Å². The van der Waals surface area contributed by atoms with Crippen molar-refractivity contribution in [1.29, 1.82) is 0 Å². The van der Waals surface area contributed by atoms with E-state index in [4.69, 9.17) is 24.7 Å². The van der Waals surface area contributed by atoms with Gasteiger partial charge in [0.25, 0.3) is 6.47 Å². The molecule has 9 nitrogen and oxygen atoms in total. The summed E-state index contributed by atoms with van der Waals surface area (Å²) in [6.07, 6.45) is -6.94. The van der Waals surface area contributed by atoms with Crippen molar-refractivity contribution >= 4 is 46.1 Å². The Morgan fingerprint density at radius 3 is 2.52 bits per heavy atom. The van der Waals surface area contributed by atoms with E-state index >= 15 is 0 Å². The number of thioether (sulfide) groups is 1. The fourth-order valence-electron chi connectivity index (χ4n) is 2.77. The highest BCUT2D eigenvalue weighted by atomic mass is 79.9. The number of pyridine rings is 1. The molecule has 0 saturated carbocycles. The SMILES string of the molecule is CC(=O)OCC1OC(Sc2cnc(C(F)(F)F)c(Br)c2)C(OC(C)=O)C(N)C1OC=O. The van der Waals surface area contributed by atoms with Gasteiger partial charge >= 0.3 is 18.1 Å². The molecule has 31 heavy (non-hydrogen) atoms. The van der Waals surface area contributed by atoms with Crippen LogP contribution in [0.25, 0.3) is 0 Å². The summed E-state index contributed by atoms with van der Waals surface area (Å²) < 4.78 is 59.4. The van der Waals surface area contributed by atoms with Crippen LogP contribution < -0.4 is 5.73 Å². The Morgan fingerprint density at radius 1 is 1.32 bits per heavy atom. The molecule has 1 fully saturated rings. The smallest absolute Gasteiger partial charge is 0.434 e. The second-order valence-corrected chi connectivity index (χ2v) is 8.34. The zero-order valence-corrected chi connectivity index (χ0v) is 18.5. The highest BCUT2D eigenvalue weighted by Crippen LogP contribution is 2.39. The molecule has 0 radical (unpaired) electrons. The summed E-state index contributed by atoms with van der Waals surface area (Å²) in [6, 6.07) is 0.0988. The topological polar surface area (TPSA) is 127 Å². The monoisotopic (exact) mass is 530 g/mol. The Labute approximate surface area is 187 Å². The largest absolute Gasteiger partial charge is 0.463 e. The molecule has 2 heterocycles. The van der Waals surface area contributed by atoms with Gasteiger partial charge in [-0.25, -0.2) is 4.98 Å². The number of carbonyl (C=O) groups excluding carboxylic acids is 3. The van der Waals surface area contributed by atoms with Gasteiger partial charge in [0.2, 0.25) is 0 Å². The van der Waals surface area contributed by atoms with Gasteiger partial charge in [-0.3, -0.25) is 14.4 Å². The normalized spacial score (nSPS) is 26.1. The number of rotatable bonds is 7. The number of esters is 2. The zero-order chi connectivity index (χ0) is 23.3. The molecule has 1 aliphatic heterocycles. The standard InChI is InChI=1S/C17H18BrF3N2O7S/c1-7(25)27-5-11-13(28-6-24)12(22)14(29-8(2)26)16(30-11)31-9-3-10(18)15(23-4-9)17(19,20)21/h3-4,6,11-14,16H,5,22H2,1-2H3. The molecule has 172 valence electrons. The maximum absolute atomic E-state index is 12.9. The van der Waals surface area contributed by atoms with Crippen molar-refractivity contribution in [1.82, 2.24) is 4.98 Å². The van der Waals surface area contributed by atoms with Crippen LogP contribution in [-0.4, -0.2) is 59.8 Å². The maximum Gasteiger partial charge on any atom is 0.434 e. The maximum atomic E-state index is 12.9. The highest BCUT2D eigenvalue weighted by Gasteiger charge is 2.48. The van der Waals surface area contributed by atoms with Gasteiger partial charge in [0.15, 0.2) is 11.8 Å². The second-order valence-electron chi connectivity index (χ2n) is 6.31. The Morgan fingerprint density at radius 2 is 2.00 bits per heavy atom. The van der Waals surface area contributed by atoms with Gasteiger partial charge in [-0.15, -0.1) is 0 Å². The number of ether oxygens (including phenoxy) is 4. The number of aromatic nitrogens is 1. The number of halogens is 4. The van der Waals surface area contributed by atoms with Gasteiger partial charge < -0.3 is 24.7 Å². The van der Waals surface area contributed by atoms with Gasteiger partial charge in [0.1, 0.15) is 24.3 Å². The Hall–Kier alpha value is -1.90. The lowest BCUT2D eigenvalue weighted by molar-refractivity contribution is -0.196. The summed E-state index contributed by atoms with van der Waals surface area (Å²) >= 11 is 3.72. The number of hydrogen-bond acceptors (Lipinski definition) is 10. The van der Waals surface area contributed by atoms with Crippen molar-refractivity contribution < 1.29 is 46.5 Å². The number of hydrogen-bond donors (Lipinski definition) is 1. The van der Waals surface area contributed by atoms with Gasteiger partial charge in [-0.05, 0) is 22.0 Å². The van der Waals surface area contributed by atoms with Gasteiger partial charge in [0.05, 0.1) is 6.04 Å². The quantitative estimate of drug-likeness (QED) is 0.317. The van der Waals surface area contributed by atoms with E-state index in [1.54, 1.807) is 0 Å². The fraction of sp³-hybridized carbons (Fsp3) is 0.529. The van der Waals surface area contributed by atoms with Crippen LogP contribution >= 0.6 is 27.7 Å². The first-order chi connectivity index (χ1) is 14.4. The van der Waals surface area contributed by atoms with Crippen LogP contribution in [-0.2, 0) is 39.5 Å². The Balaban J connectivity index is 2.32. The van der Waals surface area contributed by atoms with E-state index in [2.05, 4.69) is 20.9 Å². The number of carbonyl (C=O) groups is 3. The van der Waals surface area contributed by atoms with E-state index < -0.39 is 53.6 Å². The van der Waals surface area contributed by atoms with E-state index in [1.807, 2.05) is 0 Å². The van der Waals surface area contributed by atoms with Crippen LogP contribution in [0.15, 0.2) is 21.6 Å². The number of alkyl halides is 3. The molecule has 0 amide bonds. The van der Waals surface area contributed by atoms with E-state index in [0.717, 1.165) is 31.8 Å². The molecular weight excluding hydrogens is 513 g/mol. The zero-order valence-electron chi connectivity index (χ0n) is 16.1. The van der Waals surface area contributed by atoms with E-state index in [1.165, 1.54) is 6.07 Å². The molecule has 2 N–H and O–H groups in total. The first-order valence-electron chi connectivity index (χ1n) is 8.64. The minimum atomic E-state index is -4.65. The van der Waals surface area contributed by atoms with Crippen LogP contribution in [0.1, 0.15) is 19.5 Å². The van der Waals surface area contributed by atoms with Gasteiger partial charge in [0, 0.05) is 29.4 Å². The van der Waals surface area contributed by atoms with Gasteiger partial charge in [-0.1, -0.05) is 11.8 Å². The van der Waals surface area contributed by atoms with Crippen molar-refractivity contribution in [2.45, 2.75) is 54.7 Å². The van der Waals surface area contributed by atoms with Crippen LogP contribution in [0.2, 0.25) is 0 Å². The molecular formula is C17H18BrF3N2O7S. The summed E-state index contributed by atoms with van der Waals surface area (Å²) in [5.74, 6) is -1.33.